The van der Waals surface area contributed by atoms with E-state index < -0.39 is 9.84 Å². The van der Waals surface area contributed by atoms with E-state index in [4.69, 9.17) is 0 Å². The van der Waals surface area contributed by atoms with Gasteiger partial charge in [0, 0.05) is 6.04 Å². The van der Waals surface area contributed by atoms with Crippen molar-refractivity contribution in [1.82, 2.24) is 5.32 Å². The Kier molecular flexibility index (Phi) is 4.26. The number of nitrogens with one attached hydrogen (secondary N) is 1. The number of rotatable bonds is 4. The molecule has 1 aliphatic rings. The van der Waals surface area contributed by atoms with Gasteiger partial charge in [0.05, 0.1) is 11.0 Å². The van der Waals surface area contributed by atoms with Crippen molar-refractivity contribution < 1.29 is 8.42 Å². The second-order valence-electron chi connectivity index (χ2n) is 6.63. The van der Waals surface area contributed by atoms with Gasteiger partial charge >= 0.3 is 0 Å². The van der Waals surface area contributed by atoms with E-state index in [9.17, 15) is 8.42 Å². The van der Waals surface area contributed by atoms with E-state index in [1.54, 1.807) is 0 Å². The van der Waals surface area contributed by atoms with Crippen LogP contribution in [0.25, 0.3) is 0 Å². The van der Waals surface area contributed by atoms with Gasteiger partial charge in [0.25, 0.3) is 0 Å². The molecule has 0 aromatic heterocycles. The van der Waals surface area contributed by atoms with E-state index >= 15 is 0 Å². The molecule has 0 amide bonds. The number of benzene rings is 1. The van der Waals surface area contributed by atoms with Gasteiger partial charge in [-0.1, -0.05) is 43.7 Å². The summed E-state index contributed by atoms with van der Waals surface area (Å²) in [6.07, 6.45) is 1.71. The van der Waals surface area contributed by atoms with Crippen LogP contribution in [0.1, 0.15) is 37.8 Å². The van der Waals surface area contributed by atoms with Gasteiger partial charge in [-0.2, -0.15) is 0 Å². The summed E-state index contributed by atoms with van der Waals surface area (Å²) in [6, 6.07) is 7.82. The van der Waals surface area contributed by atoms with Crippen LogP contribution in [0.15, 0.2) is 24.3 Å². The predicted molar refractivity (Wildman–Crippen MR) is 83.5 cm³/mol. The zero-order valence-electron chi connectivity index (χ0n) is 12.8. The number of aryl methyl sites for hydroxylation is 1. The molecule has 112 valence electrons. The van der Waals surface area contributed by atoms with Crippen molar-refractivity contribution in [3.05, 3.63) is 35.4 Å². The van der Waals surface area contributed by atoms with E-state index in [2.05, 4.69) is 19.2 Å². The molecule has 0 aliphatic heterocycles. The highest BCUT2D eigenvalue weighted by molar-refractivity contribution is 7.91. The molecule has 1 saturated carbocycles. The van der Waals surface area contributed by atoms with Crippen LogP contribution in [0.4, 0.5) is 0 Å². The number of hydrogen-bond donors (Lipinski definition) is 1. The lowest BCUT2D eigenvalue weighted by Crippen LogP contribution is -2.46. The fourth-order valence-electron chi connectivity index (χ4n) is 3.44. The molecule has 2 unspecified atom stereocenters. The normalized spacial score (nSPS) is 25.8. The molecule has 4 heteroatoms. The fraction of sp³-hybridized carbons (Fsp3) is 0.625. The molecular formula is C16H25NO2S. The minimum Gasteiger partial charge on any atom is -0.315 e. The molecule has 2 atom stereocenters. The molecule has 1 aromatic carbocycles. The maximum atomic E-state index is 12.7. The Morgan fingerprint density at radius 2 is 2.05 bits per heavy atom. The molecule has 1 N–H and O–H groups in total. The summed E-state index contributed by atoms with van der Waals surface area (Å²) in [5.74, 6) is 0.146. The highest BCUT2D eigenvalue weighted by Gasteiger charge is 2.46. The van der Waals surface area contributed by atoms with Crippen LogP contribution < -0.4 is 5.32 Å². The summed E-state index contributed by atoms with van der Waals surface area (Å²) in [5.41, 5.74) is 2.04. The molecule has 1 aromatic rings. The molecule has 0 heterocycles. The highest BCUT2D eigenvalue weighted by Crippen LogP contribution is 2.41. The van der Waals surface area contributed by atoms with Crippen LogP contribution >= 0.6 is 0 Å². The summed E-state index contributed by atoms with van der Waals surface area (Å²) < 4.78 is 25.5. The SMILES string of the molecule is CNC1C(S(=O)(=O)Cc2cccc(C)c2)CCC1(C)C. The standard InChI is InChI=1S/C16H25NO2S/c1-12-6-5-7-13(10-12)11-20(18,19)14-8-9-16(2,3)15(14)17-4/h5-7,10,14-15,17H,8-9,11H2,1-4H3. The second kappa shape index (κ2) is 5.49. The summed E-state index contributed by atoms with van der Waals surface area (Å²) in [4.78, 5) is 0. The molecule has 0 saturated heterocycles. The van der Waals surface area contributed by atoms with Crippen molar-refractivity contribution in [3.63, 3.8) is 0 Å². The van der Waals surface area contributed by atoms with Crippen molar-refractivity contribution in [1.29, 1.82) is 0 Å². The molecular weight excluding hydrogens is 270 g/mol. The lowest BCUT2D eigenvalue weighted by Gasteiger charge is -2.30. The maximum absolute atomic E-state index is 12.7. The zero-order chi connectivity index (χ0) is 15.0. The monoisotopic (exact) mass is 295 g/mol. The Hall–Kier alpha value is -0.870. The summed E-state index contributed by atoms with van der Waals surface area (Å²) in [7, 11) is -1.26. The minimum atomic E-state index is -3.12. The zero-order valence-corrected chi connectivity index (χ0v) is 13.6. The van der Waals surface area contributed by atoms with Crippen LogP contribution in [0.2, 0.25) is 0 Å². The topological polar surface area (TPSA) is 46.2 Å². The van der Waals surface area contributed by atoms with Crippen molar-refractivity contribution in [3.8, 4) is 0 Å². The van der Waals surface area contributed by atoms with Gasteiger partial charge in [-0.3, -0.25) is 0 Å². The van der Waals surface area contributed by atoms with Gasteiger partial charge in [0.2, 0.25) is 0 Å². The van der Waals surface area contributed by atoms with Gasteiger partial charge in [-0.15, -0.1) is 0 Å². The molecule has 1 fully saturated rings. The lowest BCUT2D eigenvalue weighted by molar-refractivity contribution is 0.297. The van der Waals surface area contributed by atoms with Gasteiger partial charge in [0.15, 0.2) is 9.84 Å². The summed E-state index contributed by atoms with van der Waals surface area (Å²) >= 11 is 0. The Morgan fingerprint density at radius 3 is 2.65 bits per heavy atom. The third-order valence-electron chi connectivity index (χ3n) is 4.51. The van der Waals surface area contributed by atoms with Crippen LogP contribution in [-0.4, -0.2) is 26.8 Å². The molecule has 20 heavy (non-hydrogen) atoms. The van der Waals surface area contributed by atoms with E-state index in [1.807, 2.05) is 38.2 Å². The van der Waals surface area contributed by atoms with Gasteiger partial charge in [-0.05, 0) is 37.8 Å². The van der Waals surface area contributed by atoms with E-state index in [1.165, 1.54) is 0 Å². The second-order valence-corrected chi connectivity index (χ2v) is 8.85. The van der Waals surface area contributed by atoms with Crippen LogP contribution in [0.5, 0.6) is 0 Å². The fourth-order valence-corrected chi connectivity index (χ4v) is 5.70. The predicted octanol–water partition coefficient (Wildman–Crippen LogP) is 2.69. The van der Waals surface area contributed by atoms with Gasteiger partial charge < -0.3 is 5.32 Å². The van der Waals surface area contributed by atoms with Crippen molar-refractivity contribution >= 4 is 9.84 Å². The van der Waals surface area contributed by atoms with Crippen molar-refractivity contribution in [2.45, 2.75) is 50.7 Å². The molecule has 0 radical (unpaired) electrons. The Bertz CT molecular complexity index is 578. The Balaban J connectivity index is 2.23. The van der Waals surface area contributed by atoms with Crippen LogP contribution in [0, 0.1) is 12.3 Å². The average Bonchev–Trinajstić information content (AvgIpc) is 2.64. The molecule has 3 nitrogen and oxygen atoms in total. The summed E-state index contributed by atoms with van der Waals surface area (Å²) in [6.45, 7) is 6.29. The maximum Gasteiger partial charge on any atom is 0.158 e. The smallest absolute Gasteiger partial charge is 0.158 e. The quantitative estimate of drug-likeness (QED) is 0.929. The first-order valence-corrected chi connectivity index (χ1v) is 8.92. The first-order valence-electron chi connectivity index (χ1n) is 7.21. The average molecular weight is 295 g/mol. The van der Waals surface area contributed by atoms with Crippen LogP contribution in [0.3, 0.4) is 0 Å². The first kappa shape index (κ1) is 15.5. The Labute approximate surface area is 122 Å². The van der Waals surface area contributed by atoms with Crippen molar-refractivity contribution in [2.75, 3.05) is 7.05 Å². The van der Waals surface area contributed by atoms with Gasteiger partial charge in [0.1, 0.15) is 0 Å². The van der Waals surface area contributed by atoms with E-state index in [-0.39, 0.29) is 22.5 Å². The number of hydrogen-bond acceptors (Lipinski definition) is 3. The minimum absolute atomic E-state index is 0.0392. The largest absolute Gasteiger partial charge is 0.315 e. The molecule has 0 bridgehead atoms. The number of sulfone groups is 1. The highest BCUT2D eigenvalue weighted by atomic mass is 32.2. The van der Waals surface area contributed by atoms with Crippen LogP contribution in [-0.2, 0) is 15.6 Å². The first-order chi connectivity index (χ1) is 9.26. The third kappa shape index (κ3) is 3.07. The molecule has 2 rings (SSSR count). The summed E-state index contributed by atoms with van der Waals surface area (Å²) in [5, 5.41) is 2.95. The van der Waals surface area contributed by atoms with Gasteiger partial charge in [-0.25, -0.2) is 8.42 Å². The molecule has 0 spiro atoms. The van der Waals surface area contributed by atoms with E-state index in [0.29, 0.717) is 0 Å². The van der Waals surface area contributed by atoms with Crippen molar-refractivity contribution in [2.24, 2.45) is 5.41 Å². The Morgan fingerprint density at radius 1 is 1.35 bits per heavy atom. The lowest BCUT2D eigenvalue weighted by atomic mass is 9.87. The van der Waals surface area contributed by atoms with E-state index in [0.717, 1.165) is 24.0 Å². The molecule has 1 aliphatic carbocycles. The third-order valence-corrected chi connectivity index (χ3v) is 6.68.